The predicted molar refractivity (Wildman–Crippen MR) is 67.9 cm³/mol. The third-order valence-electron chi connectivity index (χ3n) is 3.40. The van der Waals surface area contributed by atoms with Gasteiger partial charge < -0.3 is 5.73 Å². The fourth-order valence-electron chi connectivity index (χ4n) is 2.47. The van der Waals surface area contributed by atoms with Crippen molar-refractivity contribution >= 4 is 15.7 Å². The Kier molecular flexibility index (Phi) is 3.53. The van der Waals surface area contributed by atoms with Gasteiger partial charge in [-0.25, -0.2) is 17.2 Å². The van der Waals surface area contributed by atoms with Crippen molar-refractivity contribution in [3.8, 4) is 0 Å². The lowest BCUT2D eigenvalue weighted by Crippen LogP contribution is -2.34. The number of sulfonamides is 1. The first kappa shape index (κ1) is 14.2. The summed E-state index contributed by atoms with van der Waals surface area (Å²) < 4.78 is 53.0. The number of rotatable bonds is 2. The number of nitrogens with zero attached hydrogens (tertiary/aromatic N) is 1. The summed E-state index contributed by atoms with van der Waals surface area (Å²) in [5.74, 6) is -1.96. The molecule has 1 fully saturated rings. The van der Waals surface area contributed by atoms with Gasteiger partial charge in [-0.05, 0) is 31.4 Å². The molecule has 2 rings (SSSR count). The van der Waals surface area contributed by atoms with Crippen LogP contribution in [0, 0.1) is 17.6 Å². The molecule has 2 atom stereocenters. The minimum Gasteiger partial charge on any atom is -0.394 e. The fraction of sp³-hybridized carbons (Fsp3) is 0.500. The number of hydrogen-bond donors (Lipinski definition) is 1. The van der Waals surface area contributed by atoms with Crippen LogP contribution in [-0.4, -0.2) is 25.3 Å². The first-order valence-electron chi connectivity index (χ1n) is 6.00. The van der Waals surface area contributed by atoms with E-state index in [4.69, 9.17) is 5.73 Å². The Morgan fingerprint density at radius 2 is 1.95 bits per heavy atom. The normalized spacial score (nSPS) is 24.8. The minimum absolute atomic E-state index is 0.203. The standard InChI is InChI=1S/C12H16F2N2O2S/c1-7-5-8(2)16(6-7)19(17,18)10-4-3-9(13)12(15)11(10)14/h3-4,7-8H,5-6,15H2,1-2H3. The quantitative estimate of drug-likeness (QED) is 0.847. The minimum atomic E-state index is -3.98. The van der Waals surface area contributed by atoms with E-state index < -0.39 is 32.2 Å². The zero-order valence-electron chi connectivity index (χ0n) is 10.7. The van der Waals surface area contributed by atoms with Crippen molar-refractivity contribution in [1.82, 2.24) is 4.31 Å². The molecule has 0 aliphatic carbocycles. The highest BCUT2D eigenvalue weighted by Crippen LogP contribution is 2.31. The average molecular weight is 290 g/mol. The van der Waals surface area contributed by atoms with Crippen LogP contribution in [0.1, 0.15) is 20.3 Å². The zero-order chi connectivity index (χ0) is 14.4. The summed E-state index contributed by atoms with van der Waals surface area (Å²) >= 11 is 0. The molecule has 4 nitrogen and oxygen atoms in total. The van der Waals surface area contributed by atoms with Crippen molar-refractivity contribution in [2.45, 2.75) is 31.2 Å². The second kappa shape index (κ2) is 4.72. The molecule has 1 saturated heterocycles. The second-order valence-electron chi connectivity index (χ2n) is 5.04. The van der Waals surface area contributed by atoms with Crippen LogP contribution in [0.25, 0.3) is 0 Å². The summed E-state index contributed by atoms with van der Waals surface area (Å²) in [4.78, 5) is -0.563. The van der Waals surface area contributed by atoms with E-state index in [0.717, 1.165) is 18.6 Å². The van der Waals surface area contributed by atoms with Crippen molar-refractivity contribution in [2.24, 2.45) is 5.92 Å². The van der Waals surface area contributed by atoms with E-state index in [1.54, 1.807) is 6.92 Å². The van der Waals surface area contributed by atoms with Gasteiger partial charge in [0, 0.05) is 12.6 Å². The number of hydrogen-bond acceptors (Lipinski definition) is 3. The van der Waals surface area contributed by atoms with Gasteiger partial charge in [-0.1, -0.05) is 6.92 Å². The van der Waals surface area contributed by atoms with Crippen LogP contribution in [0.3, 0.4) is 0 Å². The molecular weight excluding hydrogens is 274 g/mol. The molecule has 19 heavy (non-hydrogen) atoms. The molecule has 1 heterocycles. The molecule has 0 radical (unpaired) electrons. The van der Waals surface area contributed by atoms with Gasteiger partial charge in [0.25, 0.3) is 0 Å². The van der Waals surface area contributed by atoms with E-state index in [2.05, 4.69) is 0 Å². The zero-order valence-corrected chi connectivity index (χ0v) is 11.5. The lowest BCUT2D eigenvalue weighted by Gasteiger charge is -2.21. The number of nitrogens with two attached hydrogens (primary N) is 1. The third kappa shape index (κ3) is 2.32. The van der Waals surface area contributed by atoms with Crippen molar-refractivity contribution in [3.05, 3.63) is 23.8 Å². The Labute approximate surface area is 111 Å². The molecule has 0 spiro atoms. The maximum atomic E-state index is 13.9. The molecule has 0 saturated carbocycles. The highest BCUT2D eigenvalue weighted by atomic mass is 32.2. The Bertz CT molecular complexity index is 604. The van der Waals surface area contributed by atoms with E-state index in [0.29, 0.717) is 6.54 Å². The van der Waals surface area contributed by atoms with Crippen LogP contribution >= 0.6 is 0 Å². The Morgan fingerprint density at radius 1 is 1.32 bits per heavy atom. The second-order valence-corrected chi connectivity index (χ2v) is 6.90. The van der Waals surface area contributed by atoms with Gasteiger partial charge in [-0.15, -0.1) is 0 Å². The van der Waals surface area contributed by atoms with Crippen LogP contribution in [0.2, 0.25) is 0 Å². The van der Waals surface area contributed by atoms with Gasteiger partial charge in [-0.2, -0.15) is 4.31 Å². The highest BCUT2D eigenvalue weighted by Gasteiger charge is 2.38. The van der Waals surface area contributed by atoms with Gasteiger partial charge in [0.1, 0.15) is 16.4 Å². The summed E-state index contributed by atoms with van der Waals surface area (Å²) in [7, 11) is -3.98. The van der Waals surface area contributed by atoms with Crippen molar-refractivity contribution in [1.29, 1.82) is 0 Å². The molecular formula is C12H16F2N2O2S. The summed E-state index contributed by atoms with van der Waals surface area (Å²) in [5, 5.41) is 0. The molecule has 0 bridgehead atoms. The molecule has 7 heteroatoms. The fourth-order valence-corrected chi connectivity index (χ4v) is 4.31. The van der Waals surface area contributed by atoms with E-state index in [1.165, 1.54) is 4.31 Å². The number of benzene rings is 1. The highest BCUT2D eigenvalue weighted by molar-refractivity contribution is 7.89. The molecule has 1 aromatic rings. The molecule has 0 amide bonds. The van der Waals surface area contributed by atoms with Crippen LogP contribution in [0.15, 0.2) is 17.0 Å². The summed E-state index contributed by atoms with van der Waals surface area (Å²) in [5.41, 5.74) is 4.44. The number of halogens is 2. The molecule has 1 aliphatic heterocycles. The number of nitrogen functional groups attached to an aromatic ring is 1. The topological polar surface area (TPSA) is 63.4 Å². The SMILES string of the molecule is CC1CC(C)N(S(=O)(=O)c2ccc(F)c(N)c2F)C1. The Morgan fingerprint density at radius 3 is 2.47 bits per heavy atom. The smallest absolute Gasteiger partial charge is 0.246 e. The van der Waals surface area contributed by atoms with Gasteiger partial charge >= 0.3 is 0 Å². The summed E-state index contributed by atoms with van der Waals surface area (Å²) in [6, 6.07) is 1.59. The maximum absolute atomic E-state index is 13.9. The van der Waals surface area contributed by atoms with Crippen LogP contribution in [-0.2, 0) is 10.0 Å². The first-order valence-corrected chi connectivity index (χ1v) is 7.44. The van der Waals surface area contributed by atoms with Gasteiger partial charge in [0.05, 0.1) is 0 Å². The molecule has 1 aliphatic rings. The van der Waals surface area contributed by atoms with E-state index >= 15 is 0 Å². The molecule has 0 aromatic heterocycles. The largest absolute Gasteiger partial charge is 0.394 e. The van der Waals surface area contributed by atoms with Crippen molar-refractivity contribution in [2.75, 3.05) is 12.3 Å². The van der Waals surface area contributed by atoms with E-state index in [1.807, 2.05) is 6.92 Å². The molecule has 2 N–H and O–H groups in total. The lowest BCUT2D eigenvalue weighted by molar-refractivity contribution is 0.402. The van der Waals surface area contributed by atoms with Gasteiger partial charge in [0.15, 0.2) is 5.82 Å². The van der Waals surface area contributed by atoms with Crippen molar-refractivity contribution < 1.29 is 17.2 Å². The van der Waals surface area contributed by atoms with E-state index in [9.17, 15) is 17.2 Å². The van der Waals surface area contributed by atoms with E-state index in [-0.39, 0.29) is 12.0 Å². The first-order chi connectivity index (χ1) is 8.75. The summed E-state index contributed by atoms with van der Waals surface area (Å²) in [6.45, 7) is 4.04. The lowest BCUT2D eigenvalue weighted by atomic mass is 10.1. The molecule has 1 aromatic carbocycles. The van der Waals surface area contributed by atoms with Crippen LogP contribution in [0.4, 0.5) is 14.5 Å². The van der Waals surface area contributed by atoms with Crippen molar-refractivity contribution in [3.63, 3.8) is 0 Å². The predicted octanol–water partition coefficient (Wildman–Crippen LogP) is 1.97. The number of anilines is 1. The van der Waals surface area contributed by atoms with Gasteiger partial charge in [-0.3, -0.25) is 0 Å². The Hall–Kier alpha value is -1.21. The third-order valence-corrected chi connectivity index (χ3v) is 5.40. The monoisotopic (exact) mass is 290 g/mol. The van der Waals surface area contributed by atoms with Crippen LogP contribution in [0.5, 0.6) is 0 Å². The van der Waals surface area contributed by atoms with Crippen LogP contribution < -0.4 is 5.73 Å². The summed E-state index contributed by atoms with van der Waals surface area (Å²) in [6.07, 6.45) is 0.720. The Balaban J connectivity index is 2.49. The molecule has 2 unspecified atom stereocenters. The maximum Gasteiger partial charge on any atom is 0.246 e. The molecule has 106 valence electrons. The average Bonchev–Trinajstić information content (AvgIpc) is 2.66. The van der Waals surface area contributed by atoms with Gasteiger partial charge in [0.2, 0.25) is 10.0 Å².